The van der Waals surface area contributed by atoms with E-state index in [-0.39, 0.29) is 18.2 Å². The molecule has 2 N–H and O–H groups in total. The average molecular weight is 276 g/mol. The second kappa shape index (κ2) is 6.62. The maximum Gasteiger partial charge on any atom is 0.368 e. The number of carbonyl (C=O) groups is 1. The zero-order valence-corrected chi connectivity index (χ0v) is 11.6. The van der Waals surface area contributed by atoms with Crippen molar-refractivity contribution in [2.75, 3.05) is 19.6 Å². The highest BCUT2D eigenvalue weighted by Gasteiger charge is 2.34. The summed E-state index contributed by atoms with van der Waals surface area (Å²) in [5, 5.41) is 11.8. The van der Waals surface area contributed by atoms with E-state index in [1.165, 1.54) is 51.6 Å². The summed E-state index contributed by atoms with van der Waals surface area (Å²) in [6, 6.07) is 0. The number of piperidine rings is 1. The lowest BCUT2D eigenvalue weighted by atomic mass is 9.78. The molecule has 6 heteroatoms. The Kier molecular flexibility index (Phi) is 4.85. The van der Waals surface area contributed by atoms with Crippen LogP contribution in [0.2, 0.25) is 0 Å². The largest absolute Gasteiger partial charge is 0.476 e. The minimum Gasteiger partial charge on any atom is -0.476 e. The highest BCUT2D eigenvalue weighted by Crippen LogP contribution is 2.44. The zero-order chi connectivity index (χ0) is 14.4. The Morgan fingerprint density at radius 2 is 1.90 bits per heavy atom. The minimum atomic E-state index is -1.11. The molecule has 0 radical (unpaired) electrons. The number of guanidine groups is 1. The highest BCUT2D eigenvalue weighted by molar-refractivity contribution is 6.40. The summed E-state index contributed by atoms with van der Waals surface area (Å²) in [6.07, 6.45) is 8.95. The molecule has 3 rings (SSSR count). The van der Waals surface area contributed by atoms with Crippen molar-refractivity contribution in [2.24, 2.45) is 15.4 Å². The summed E-state index contributed by atoms with van der Waals surface area (Å²) >= 11 is 0. The van der Waals surface area contributed by atoms with Crippen molar-refractivity contribution in [3.8, 4) is 0 Å². The van der Waals surface area contributed by atoms with E-state index >= 15 is 0 Å². The molecule has 0 unspecified atom stereocenters. The van der Waals surface area contributed by atoms with E-state index in [0.29, 0.717) is 0 Å². The Morgan fingerprint density at radius 1 is 1.25 bits per heavy atom. The topological polar surface area (TPSA) is 78.4 Å². The molecule has 0 aromatic carbocycles. The molecule has 6 nitrogen and oxygen atoms in total. The van der Waals surface area contributed by atoms with Gasteiger partial charge in [0, 0.05) is 0 Å². The number of aliphatic carboxylic acids is 1. The van der Waals surface area contributed by atoms with E-state index in [4.69, 9.17) is 11.7 Å². The maximum absolute atomic E-state index is 10.2. The summed E-state index contributed by atoms with van der Waals surface area (Å²) in [7, 11) is 0. The Morgan fingerprint density at radius 3 is 2.35 bits per heavy atom. The number of aliphatic imine (C=N–C) groups is 2. The quantitative estimate of drug-likeness (QED) is 0.716. The lowest BCUT2D eigenvalue weighted by molar-refractivity contribution is -0.129. The first kappa shape index (κ1) is 14.7. The van der Waals surface area contributed by atoms with Gasteiger partial charge in [-0.1, -0.05) is 12.8 Å². The van der Waals surface area contributed by atoms with Gasteiger partial charge in [0.25, 0.3) is 0 Å². The van der Waals surface area contributed by atoms with Crippen LogP contribution in [0.3, 0.4) is 0 Å². The number of nitrogens with one attached hydrogen (secondary N) is 1. The minimum absolute atomic E-state index is 0.0209. The van der Waals surface area contributed by atoms with Crippen LogP contribution in [0.4, 0.5) is 0 Å². The highest BCUT2D eigenvalue weighted by atomic mass is 16.4. The van der Waals surface area contributed by atoms with Gasteiger partial charge in [0.1, 0.15) is 6.54 Å². The molecule has 0 bridgehead atoms. The van der Waals surface area contributed by atoms with Crippen LogP contribution in [0.1, 0.15) is 38.5 Å². The molecule has 1 saturated heterocycles. The van der Waals surface area contributed by atoms with E-state index in [1.54, 1.807) is 0 Å². The summed E-state index contributed by atoms with van der Waals surface area (Å²) in [5.74, 6) is -1.18. The average Bonchev–Trinajstić information content (AvgIpc) is 3.10. The fraction of sp³-hybridized carbons (Fsp3) is 0.714. The first-order valence-electron chi connectivity index (χ1n) is 7.09. The smallest absolute Gasteiger partial charge is 0.368 e. The van der Waals surface area contributed by atoms with Gasteiger partial charge in [-0.25, -0.2) is 4.79 Å². The van der Waals surface area contributed by atoms with Crippen molar-refractivity contribution in [1.29, 1.82) is 0 Å². The van der Waals surface area contributed by atoms with E-state index in [0.717, 1.165) is 5.41 Å². The number of nitrogens with zero attached hydrogens (tertiary/aromatic N) is 3. The Balaban J connectivity index is 0.000000147. The molecular formula is C14H20N4O2. The number of carboxylic acid groups (broad SMARTS) is 1. The predicted octanol–water partition coefficient (Wildman–Crippen LogP) is 1.73. The van der Waals surface area contributed by atoms with Gasteiger partial charge >= 0.3 is 11.9 Å². The van der Waals surface area contributed by atoms with Crippen LogP contribution < -0.4 is 5.32 Å². The molecule has 2 heterocycles. The number of carboxylic acids is 1. The van der Waals surface area contributed by atoms with Crippen LogP contribution in [0.15, 0.2) is 9.98 Å². The normalized spacial score (nSPS) is 23.4. The molecule has 3 aliphatic rings. The Hall–Kier alpha value is -1.74. The van der Waals surface area contributed by atoms with Gasteiger partial charge in [-0.05, 0) is 44.2 Å². The lowest BCUT2D eigenvalue weighted by Crippen LogP contribution is -2.34. The number of hydrogen-bond acceptors (Lipinski definition) is 4. The second-order valence-corrected chi connectivity index (χ2v) is 5.55. The van der Waals surface area contributed by atoms with Crippen molar-refractivity contribution in [3.05, 3.63) is 11.4 Å². The molecule has 2 fully saturated rings. The van der Waals surface area contributed by atoms with Gasteiger partial charge < -0.3 is 15.3 Å². The molecule has 1 saturated carbocycles. The maximum atomic E-state index is 10.2. The van der Waals surface area contributed by atoms with Gasteiger partial charge in [0.05, 0.1) is 0 Å². The second-order valence-electron chi connectivity index (χ2n) is 5.55. The summed E-state index contributed by atoms with van der Waals surface area (Å²) in [6.45, 7) is 9.00. The van der Waals surface area contributed by atoms with Gasteiger partial charge in [0.15, 0.2) is 0 Å². The molecule has 0 amide bonds. The molecular weight excluding hydrogens is 256 g/mol. The van der Waals surface area contributed by atoms with Gasteiger partial charge in [-0.15, -0.1) is 11.6 Å². The molecule has 0 aromatic rings. The third kappa shape index (κ3) is 3.64. The SMILES string of the molecule is C1CCC2(C1)CCNCC2.[C-]#[N+]C1=NCC(C(=O)O)=N1. The number of rotatable bonds is 1. The van der Waals surface area contributed by atoms with Crippen molar-refractivity contribution < 1.29 is 9.90 Å². The summed E-state index contributed by atoms with van der Waals surface area (Å²) in [4.78, 5) is 20.0. The third-order valence-electron chi connectivity index (χ3n) is 4.28. The Labute approximate surface area is 118 Å². The van der Waals surface area contributed by atoms with Gasteiger partial charge in [-0.2, -0.15) is 4.99 Å². The van der Waals surface area contributed by atoms with Crippen LogP contribution >= 0.6 is 0 Å². The fourth-order valence-corrected chi connectivity index (χ4v) is 3.09. The molecule has 108 valence electrons. The van der Waals surface area contributed by atoms with Gasteiger partial charge in [-0.3, -0.25) is 0 Å². The number of hydrogen-bond donors (Lipinski definition) is 2. The van der Waals surface area contributed by atoms with Crippen molar-refractivity contribution in [1.82, 2.24) is 5.32 Å². The van der Waals surface area contributed by atoms with Crippen molar-refractivity contribution >= 4 is 17.6 Å². The molecule has 1 spiro atoms. The first-order valence-corrected chi connectivity index (χ1v) is 7.09. The molecule has 2 aliphatic heterocycles. The monoisotopic (exact) mass is 276 g/mol. The summed E-state index contributed by atoms with van der Waals surface area (Å²) in [5.41, 5.74) is 0.747. The van der Waals surface area contributed by atoms with Crippen LogP contribution in [0.5, 0.6) is 0 Å². The van der Waals surface area contributed by atoms with Crippen LogP contribution in [0, 0.1) is 12.0 Å². The van der Waals surface area contributed by atoms with Crippen LogP contribution in [-0.2, 0) is 4.79 Å². The van der Waals surface area contributed by atoms with Gasteiger partial charge in [0.2, 0.25) is 5.71 Å². The molecule has 1 aliphatic carbocycles. The first-order chi connectivity index (χ1) is 9.65. The molecule has 20 heavy (non-hydrogen) atoms. The lowest BCUT2D eigenvalue weighted by Gasteiger charge is -2.33. The zero-order valence-electron chi connectivity index (χ0n) is 11.6. The van der Waals surface area contributed by atoms with E-state index in [2.05, 4.69) is 20.1 Å². The van der Waals surface area contributed by atoms with Crippen molar-refractivity contribution in [3.63, 3.8) is 0 Å². The Bertz CT molecular complexity index is 462. The fourth-order valence-electron chi connectivity index (χ4n) is 3.09. The van der Waals surface area contributed by atoms with E-state index in [1.807, 2.05) is 0 Å². The van der Waals surface area contributed by atoms with E-state index < -0.39 is 5.97 Å². The van der Waals surface area contributed by atoms with E-state index in [9.17, 15) is 4.79 Å². The third-order valence-corrected chi connectivity index (χ3v) is 4.28. The molecule has 0 aromatic heterocycles. The van der Waals surface area contributed by atoms with Crippen molar-refractivity contribution in [2.45, 2.75) is 38.5 Å². The standard InChI is InChI=1S/C9H17N.C5H3N3O2/c1-2-4-9(3-1)5-7-10-8-6-9;1-6-5-7-2-3(8-5)4(9)10/h10H,1-8H2;2H2,(H,9,10). The molecule has 0 atom stereocenters. The predicted molar refractivity (Wildman–Crippen MR) is 77.0 cm³/mol. The summed E-state index contributed by atoms with van der Waals surface area (Å²) < 4.78 is 0. The van der Waals surface area contributed by atoms with Crippen LogP contribution in [-0.4, -0.2) is 42.4 Å². The van der Waals surface area contributed by atoms with Crippen LogP contribution in [0.25, 0.3) is 4.85 Å².